The molecule has 0 radical (unpaired) electrons. The number of carbonyl (C=O) groups excluding carboxylic acids is 2. The molecule has 7 heteroatoms. The smallest absolute Gasteiger partial charge is 0.248 e. The molecule has 2 N–H and O–H groups in total. The second-order valence-electron chi connectivity index (χ2n) is 7.38. The second kappa shape index (κ2) is 9.73. The van der Waals surface area contributed by atoms with Gasteiger partial charge in [-0.1, -0.05) is 6.58 Å². The second-order valence-corrected chi connectivity index (χ2v) is 7.38. The van der Waals surface area contributed by atoms with Crippen LogP contribution in [0.4, 0.5) is 0 Å². The normalized spacial score (nSPS) is 21.6. The van der Waals surface area contributed by atoms with Crippen LogP contribution in [0.25, 0.3) is 0 Å². The van der Waals surface area contributed by atoms with Crippen molar-refractivity contribution >= 4 is 12.2 Å². The molecule has 146 valence electrons. The van der Waals surface area contributed by atoms with Crippen LogP contribution >= 0.6 is 0 Å². The van der Waals surface area contributed by atoms with E-state index in [0.29, 0.717) is 17.8 Å². The highest BCUT2D eigenvalue weighted by molar-refractivity contribution is 5.93. The van der Waals surface area contributed by atoms with E-state index in [9.17, 15) is 9.59 Å². The lowest BCUT2D eigenvalue weighted by molar-refractivity contribution is -0.118. The quantitative estimate of drug-likeness (QED) is 0.535. The van der Waals surface area contributed by atoms with E-state index in [2.05, 4.69) is 32.0 Å². The summed E-state index contributed by atoms with van der Waals surface area (Å²) in [5.74, 6) is -0.0347. The van der Waals surface area contributed by atoms with Crippen molar-refractivity contribution in [2.45, 2.75) is 25.4 Å². The summed E-state index contributed by atoms with van der Waals surface area (Å²) >= 11 is 0. The van der Waals surface area contributed by atoms with Gasteiger partial charge in [0.05, 0.1) is 0 Å². The molecule has 2 aliphatic rings. The number of pyridine rings is 1. The zero-order valence-corrected chi connectivity index (χ0v) is 15.8. The predicted molar refractivity (Wildman–Crippen MR) is 105 cm³/mol. The number of piperidine rings is 1. The molecule has 1 unspecified atom stereocenters. The van der Waals surface area contributed by atoms with Gasteiger partial charge in [0.2, 0.25) is 5.91 Å². The third-order valence-electron chi connectivity index (χ3n) is 5.16. The number of nitrogens with one attached hydrogen (secondary N) is 2. The molecular formula is C20H29N5O2. The Kier molecular flexibility index (Phi) is 7.09. The van der Waals surface area contributed by atoms with Crippen molar-refractivity contribution in [3.8, 4) is 0 Å². The highest BCUT2D eigenvalue weighted by Crippen LogP contribution is 2.14. The maximum atomic E-state index is 12.5. The number of aromatic nitrogens is 1. The van der Waals surface area contributed by atoms with Crippen LogP contribution in [0.15, 0.2) is 30.5 Å². The van der Waals surface area contributed by atoms with Crippen LogP contribution in [0.1, 0.15) is 28.9 Å². The highest BCUT2D eigenvalue weighted by Gasteiger charge is 2.23. The summed E-state index contributed by atoms with van der Waals surface area (Å²) in [5.41, 5.74) is 2.17. The number of hydrogen-bond acceptors (Lipinski definition) is 6. The number of likely N-dealkylation sites (tertiary alicyclic amines) is 1. The molecule has 0 saturated carbocycles. The maximum absolute atomic E-state index is 12.5. The van der Waals surface area contributed by atoms with Crippen molar-refractivity contribution in [1.29, 1.82) is 0 Å². The van der Waals surface area contributed by atoms with Crippen LogP contribution in [0.2, 0.25) is 0 Å². The highest BCUT2D eigenvalue weighted by atomic mass is 16.1. The van der Waals surface area contributed by atoms with Gasteiger partial charge in [-0.3, -0.25) is 24.4 Å². The van der Waals surface area contributed by atoms with Gasteiger partial charge in [-0.15, -0.1) is 0 Å². The largest absolute Gasteiger partial charge is 0.348 e. The zero-order valence-electron chi connectivity index (χ0n) is 15.8. The third-order valence-corrected chi connectivity index (χ3v) is 5.16. The first-order valence-electron chi connectivity index (χ1n) is 9.68. The Morgan fingerprint density at radius 2 is 2.15 bits per heavy atom. The molecule has 7 nitrogen and oxygen atoms in total. The van der Waals surface area contributed by atoms with E-state index < -0.39 is 0 Å². The number of carbonyl (C=O) groups is 2. The van der Waals surface area contributed by atoms with Crippen molar-refractivity contribution in [2.24, 2.45) is 0 Å². The van der Waals surface area contributed by atoms with Gasteiger partial charge in [0.1, 0.15) is 5.69 Å². The van der Waals surface area contributed by atoms with E-state index in [1.165, 1.54) is 0 Å². The average molecular weight is 371 g/mol. The van der Waals surface area contributed by atoms with Gasteiger partial charge in [-0.2, -0.15) is 0 Å². The summed E-state index contributed by atoms with van der Waals surface area (Å²) in [6.07, 6.45) is 4.47. The molecule has 0 aromatic carbocycles. The van der Waals surface area contributed by atoms with Crippen LogP contribution in [-0.4, -0.2) is 78.8 Å². The summed E-state index contributed by atoms with van der Waals surface area (Å²) in [4.78, 5) is 32.0. The molecule has 3 rings (SSSR count). The van der Waals surface area contributed by atoms with Crippen LogP contribution < -0.4 is 10.6 Å². The van der Waals surface area contributed by atoms with Crippen LogP contribution in [0.3, 0.4) is 0 Å². The Labute approximate surface area is 160 Å². The predicted octanol–water partition coefficient (Wildman–Crippen LogP) is 0.436. The molecule has 2 saturated heterocycles. The lowest BCUT2D eigenvalue weighted by Gasteiger charge is -2.33. The SMILES string of the molecule is C=C(CN1CCNCC1)C(=O)NC1CCCN(Cc2ccnc(C=O)c2)C1. The van der Waals surface area contributed by atoms with Crippen molar-refractivity contribution in [3.63, 3.8) is 0 Å². The summed E-state index contributed by atoms with van der Waals surface area (Å²) in [7, 11) is 0. The number of rotatable bonds is 7. The van der Waals surface area contributed by atoms with Gasteiger partial charge in [0, 0.05) is 63.6 Å². The lowest BCUT2D eigenvalue weighted by Crippen LogP contribution is -2.49. The molecule has 0 aliphatic carbocycles. The first-order valence-corrected chi connectivity index (χ1v) is 9.68. The van der Waals surface area contributed by atoms with Gasteiger partial charge >= 0.3 is 0 Å². The van der Waals surface area contributed by atoms with Crippen molar-refractivity contribution in [2.75, 3.05) is 45.8 Å². The Morgan fingerprint density at radius 3 is 2.93 bits per heavy atom. The van der Waals surface area contributed by atoms with Gasteiger partial charge in [0.25, 0.3) is 0 Å². The van der Waals surface area contributed by atoms with E-state index in [4.69, 9.17) is 0 Å². The molecular weight excluding hydrogens is 342 g/mol. The topological polar surface area (TPSA) is 77.6 Å². The molecule has 1 aromatic heterocycles. The van der Waals surface area contributed by atoms with Crippen LogP contribution in [0.5, 0.6) is 0 Å². The molecule has 3 heterocycles. The maximum Gasteiger partial charge on any atom is 0.248 e. The molecule has 27 heavy (non-hydrogen) atoms. The Bertz CT molecular complexity index is 672. The van der Waals surface area contributed by atoms with Gasteiger partial charge in [-0.25, -0.2) is 0 Å². The van der Waals surface area contributed by atoms with Crippen LogP contribution in [0, 0.1) is 0 Å². The van der Waals surface area contributed by atoms with Crippen LogP contribution in [-0.2, 0) is 11.3 Å². The molecule has 2 fully saturated rings. The number of aldehydes is 1. The summed E-state index contributed by atoms with van der Waals surface area (Å²) < 4.78 is 0. The monoisotopic (exact) mass is 371 g/mol. The van der Waals surface area contributed by atoms with E-state index >= 15 is 0 Å². The molecule has 1 aromatic rings. The summed E-state index contributed by atoms with van der Waals surface area (Å²) in [6.45, 7) is 11.0. The fourth-order valence-electron chi connectivity index (χ4n) is 3.73. The molecule has 0 bridgehead atoms. The van der Waals surface area contributed by atoms with Crippen molar-refractivity contribution in [1.82, 2.24) is 25.4 Å². The van der Waals surface area contributed by atoms with Gasteiger partial charge in [0.15, 0.2) is 6.29 Å². The van der Waals surface area contributed by atoms with Crippen molar-refractivity contribution < 1.29 is 9.59 Å². The number of piperazine rings is 1. The molecule has 1 atom stereocenters. The van der Waals surface area contributed by atoms with E-state index in [-0.39, 0.29) is 11.9 Å². The van der Waals surface area contributed by atoms with E-state index in [1.807, 2.05) is 12.1 Å². The molecule has 1 amide bonds. The number of hydrogen-bond donors (Lipinski definition) is 2. The Balaban J connectivity index is 1.47. The molecule has 0 spiro atoms. The van der Waals surface area contributed by atoms with Gasteiger partial charge in [-0.05, 0) is 37.1 Å². The Hall–Kier alpha value is -2.09. The van der Waals surface area contributed by atoms with Gasteiger partial charge < -0.3 is 10.6 Å². The Morgan fingerprint density at radius 1 is 1.33 bits per heavy atom. The van der Waals surface area contributed by atoms with E-state index in [1.54, 1.807) is 6.20 Å². The summed E-state index contributed by atoms with van der Waals surface area (Å²) in [6, 6.07) is 3.90. The fourth-order valence-corrected chi connectivity index (χ4v) is 3.73. The lowest BCUT2D eigenvalue weighted by atomic mass is 10.0. The number of amides is 1. The minimum Gasteiger partial charge on any atom is -0.348 e. The summed E-state index contributed by atoms with van der Waals surface area (Å²) in [5, 5.41) is 6.47. The minimum absolute atomic E-state index is 0.0347. The minimum atomic E-state index is -0.0347. The van der Waals surface area contributed by atoms with E-state index in [0.717, 1.165) is 70.5 Å². The average Bonchev–Trinajstić information content (AvgIpc) is 2.69. The zero-order chi connectivity index (χ0) is 19.1. The standard InChI is InChI=1S/C20H29N5O2/c1-16(12-24-9-6-21-7-10-24)20(27)23-18-3-2-8-25(14-18)13-17-4-5-22-19(11-17)15-26/h4-5,11,15,18,21H,1-3,6-10,12-14H2,(H,23,27). The van der Waals surface area contributed by atoms with Crippen molar-refractivity contribution in [3.05, 3.63) is 41.7 Å². The molecule has 2 aliphatic heterocycles. The first-order chi connectivity index (χ1) is 13.1. The fraction of sp³-hybridized carbons (Fsp3) is 0.550. The third kappa shape index (κ3) is 5.95. The number of nitrogens with zero attached hydrogens (tertiary/aromatic N) is 3. The first kappa shape index (κ1) is 19.7.